The van der Waals surface area contributed by atoms with E-state index in [1.165, 1.54) is 0 Å². The van der Waals surface area contributed by atoms with Crippen molar-refractivity contribution in [3.8, 4) is 0 Å². The third kappa shape index (κ3) is 2.24. The first kappa shape index (κ1) is 9.86. The largest absolute Gasteiger partial charge is 0.298 e. The quantitative estimate of drug-likeness (QED) is 0.418. The molecular weight excluding hydrogens is 198 g/mol. The van der Waals surface area contributed by atoms with Crippen molar-refractivity contribution in [2.45, 2.75) is 4.90 Å². The Balaban J connectivity index is 0.000000810. The van der Waals surface area contributed by atoms with E-state index in [1.54, 1.807) is 12.1 Å². The predicted molar refractivity (Wildman–Crippen MR) is 39.1 cm³/mol. The maximum Gasteiger partial charge on any atom is 0.151 e. The van der Waals surface area contributed by atoms with Crippen LogP contribution in [0.2, 0.25) is 0 Å². The van der Waals surface area contributed by atoms with Gasteiger partial charge in [0.15, 0.2) is 6.29 Å². The van der Waals surface area contributed by atoms with Crippen molar-refractivity contribution < 1.29 is 24.3 Å². The molecule has 1 nitrogen and oxygen atoms in total. The van der Waals surface area contributed by atoms with Gasteiger partial charge in [-0.15, -0.1) is 12.6 Å². The van der Waals surface area contributed by atoms with Crippen LogP contribution in [-0.2, 0) is 19.5 Å². The van der Waals surface area contributed by atoms with Crippen LogP contribution in [0.15, 0.2) is 29.2 Å². The number of thiol groups is 1. The summed E-state index contributed by atoms with van der Waals surface area (Å²) in [5, 5.41) is 0. The Hall–Kier alpha value is -0.137. The zero-order valence-corrected chi connectivity index (χ0v) is 9.31. The van der Waals surface area contributed by atoms with Gasteiger partial charge >= 0.3 is 0 Å². The van der Waals surface area contributed by atoms with Gasteiger partial charge in [-0.3, -0.25) is 4.79 Å². The fraction of sp³-hybridized carbons (Fsp3) is 0. The maximum atomic E-state index is 10.2. The second-order valence-electron chi connectivity index (χ2n) is 1.68. The summed E-state index contributed by atoms with van der Waals surface area (Å²) in [5.41, 5.74) is 0.640. The first-order valence-corrected chi connectivity index (χ1v) is 3.02. The second-order valence-corrected chi connectivity index (χ2v) is 2.16. The summed E-state index contributed by atoms with van der Waals surface area (Å²) in [6.07, 6.45) is 0.794. The third-order valence-corrected chi connectivity index (χ3v) is 1.47. The Morgan fingerprint density at radius 3 is 2.30 bits per heavy atom. The molecule has 0 spiro atoms. The van der Waals surface area contributed by atoms with E-state index in [2.05, 4.69) is 12.6 Å². The average Bonchev–Trinajstić information content (AvgIpc) is 1.89. The van der Waals surface area contributed by atoms with E-state index in [1.807, 2.05) is 12.1 Å². The minimum atomic E-state index is 0. The fourth-order valence-corrected chi connectivity index (χ4v) is 0.800. The van der Waals surface area contributed by atoms with Crippen molar-refractivity contribution in [1.82, 2.24) is 0 Å². The van der Waals surface area contributed by atoms with Crippen LogP contribution in [0, 0.1) is 0 Å². The van der Waals surface area contributed by atoms with E-state index in [9.17, 15) is 4.79 Å². The van der Waals surface area contributed by atoms with Gasteiger partial charge in [-0.1, -0.05) is 18.2 Å². The molecule has 1 rings (SSSR count). The number of rotatable bonds is 1. The Labute approximate surface area is 78.0 Å². The molecule has 0 aliphatic carbocycles. The molecule has 1 aromatic carbocycles. The minimum absolute atomic E-state index is 0. The second kappa shape index (κ2) is 4.64. The van der Waals surface area contributed by atoms with E-state index >= 15 is 0 Å². The minimum Gasteiger partial charge on any atom is -0.298 e. The Kier molecular flexibility index (Phi) is 4.58. The molecule has 0 aliphatic rings. The van der Waals surface area contributed by atoms with Gasteiger partial charge in [-0.2, -0.15) is 0 Å². The van der Waals surface area contributed by atoms with Crippen molar-refractivity contribution in [1.29, 1.82) is 0 Å². The summed E-state index contributed by atoms with van der Waals surface area (Å²) in [7, 11) is 0. The molecule has 0 aliphatic heterocycles. The first-order chi connectivity index (χ1) is 4.34. The number of carbonyl (C=O) groups excluding carboxylic acids is 1. The fourth-order valence-electron chi connectivity index (χ4n) is 0.587. The van der Waals surface area contributed by atoms with Gasteiger partial charge in [0.1, 0.15) is 0 Å². The number of hydrogen-bond donors (Lipinski definition) is 1. The van der Waals surface area contributed by atoms with Crippen molar-refractivity contribution in [3.63, 3.8) is 0 Å². The summed E-state index contributed by atoms with van der Waals surface area (Å²) < 4.78 is 0. The number of hydrogen-bond acceptors (Lipinski definition) is 2. The Morgan fingerprint density at radius 2 is 1.90 bits per heavy atom. The van der Waals surface area contributed by atoms with Crippen molar-refractivity contribution in [2.24, 2.45) is 0 Å². The molecule has 0 bridgehead atoms. The van der Waals surface area contributed by atoms with Crippen molar-refractivity contribution >= 4 is 18.9 Å². The van der Waals surface area contributed by atoms with Crippen LogP contribution in [0.5, 0.6) is 0 Å². The molecule has 0 atom stereocenters. The van der Waals surface area contributed by atoms with E-state index in [0.717, 1.165) is 11.2 Å². The molecule has 10 heavy (non-hydrogen) atoms. The summed E-state index contributed by atoms with van der Waals surface area (Å²) in [4.78, 5) is 10.9. The van der Waals surface area contributed by atoms with E-state index in [-0.39, 0.29) is 19.5 Å². The van der Waals surface area contributed by atoms with Crippen molar-refractivity contribution in [3.05, 3.63) is 29.8 Å². The topological polar surface area (TPSA) is 17.1 Å². The van der Waals surface area contributed by atoms with Gasteiger partial charge in [0.2, 0.25) is 0 Å². The van der Waals surface area contributed by atoms with Gasteiger partial charge in [-0.25, -0.2) is 0 Å². The van der Waals surface area contributed by atoms with E-state index < -0.39 is 0 Å². The molecule has 0 fully saturated rings. The summed E-state index contributed by atoms with van der Waals surface area (Å²) in [5.74, 6) is 0. The molecule has 1 aromatic rings. The normalized spacial score (nSPS) is 8.10. The molecule has 0 N–H and O–H groups in total. The zero-order chi connectivity index (χ0) is 6.69. The molecule has 0 heterocycles. The zero-order valence-electron chi connectivity index (χ0n) is 5.45. The van der Waals surface area contributed by atoms with Gasteiger partial charge in [0.25, 0.3) is 0 Å². The smallest absolute Gasteiger partial charge is 0.151 e. The number of aldehydes is 1. The molecule has 0 radical (unpaired) electrons. The maximum absolute atomic E-state index is 10.2. The molecule has 0 aromatic heterocycles. The van der Waals surface area contributed by atoms with Gasteiger partial charge in [-0.05, 0) is 6.07 Å². The van der Waals surface area contributed by atoms with Crippen LogP contribution < -0.4 is 0 Å². The van der Waals surface area contributed by atoms with Crippen LogP contribution in [0.4, 0.5) is 0 Å². The number of carbonyl (C=O) groups is 1. The van der Waals surface area contributed by atoms with Crippen LogP contribution in [0.1, 0.15) is 10.4 Å². The van der Waals surface area contributed by atoms with E-state index in [4.69, 9.17) is 0 Å². The summed E-state index contributed by atoms with van der Waals surface area (Å²) in [6, 6.07) is 7.17. The number of benzene rings is 1. The molecule has 0 saturated carbocycles. The first-order valence-electron chi connectivity index (χ1n) is 2.58. The molecule has 0 saturated heterocycles. The average molecular weight is 204 g/mol. The third-order valence-electron chi connectivity index (χ3n) is 1.06. The monoisotopic (exact) mass is 202 g/mol. The molecule has 3 heteroatoms. The summed E-state index contributed by atoms with van der Waals surface area (Å²) in [6.45, 7) is 0. The molecular formula is C7H6OSZn. The molecule has 0 unspecified atom stereocenters. The van der Waals surface area contributed by atoms with Gasteiger partial charge in [0.05, 0.1) is 0 Å². The standard InChI is InChI=1S/C7H6OS.Zn/c8-5-6-3-1-2-4-7(6)9;/h1-5,9H;. The Morgan fingerprint density at radius 1 is 1.30 bits per heavy atom. The van der Waals surface area contributed by atoms with Crippen molar-refractivity contribution in [2.75, 3.05) is 0 Å². The van der Waals surface area contributed by atoms with Crippen LogP contribution >= 0.6 is 12.6 Å². The predicted octanol–water partition coefficient (Wildman–Crippen LogP) is 1.79. The van der Waals surface area contributed by atoms with Gasteiger partial charge in [0, 0.05) is 29.9 Å². The summed E-state index contributed by atoms with van der Waals surface area (Å²) >= 11 is 4.05. The van der Waals surface area contributed by atoms with Gasteiger partial charge < -0.3 is 0 Å². The van der Waals surface area contributed by atoms with Crippen LogP contribution in [0.25, 0.3) is 0 Å². The molecule has 0 amide bonds. The van der Waals surface area contributed by atoms with Crippen LogP contribution in [0.3, 0.4) is 0 Å². The van der Waals surface area contributed by atoms with Crippen LogP contribution in [-0.4, -0.2) is 6.29 Å². The molecule has 48 valence electrons. The SMILES string of the molecule is O=Cc1ccccc1S.[Zn]. The van der Waals surface area contributed by atoms with E-state index in [0.29, 0.717) is 5.56 Å². The Bertz CT molecular complexity index is 225.